The Morgan fingerprint density at radius 3 is 2.46 bits per heavy atom. The van der Waals surface area contributed by atoms with Crippen molar-refractivity contribution in [1.82, 2.24) is 0 Å². The van der Waals surface area contributed by atoms with Crippen molar-refractivity contribution >= 4 is 11.4 Å². The minimum Gasteiger partial charge on any atom is -0.385 e. The van der Waals surface area contributed by atoms with Gasteiger partial charge in [-0.3, -0.25) is 0 Å². The summed E-state index contributed by atoms with van der Waals surface area (Å²) in [7, 11) is 0. The molecular formula is C19H28FN3O. The van der Waals surface area contributed by atoms with Gasteiger partial charge < -0.3 is 20.7 Å². The molecule has 24 heavy (non-hydrogen) atoms. The summed E-state index contributed by atoms with van der Waals surface area (Å²) in [5.74, 6) is 0.523. The van der Waals surface area contributed by atoms with Crippen LogP contribution in [-0.2, 0) is 4.74 Å². The van der Waals surface area contributed by atoms with Gasteiger partial charge in [0.25, 0.3) is 0 Å². The van der Waals surface area contributed by atoms with Crippen LogP contribution < -0.4 is 16.0 Å². The molecule has 3 fully saturated rings. The van der Waals surface area contributed by atoms with E-state index in [0.717, 1.165) is 51.0 Å². The van der Waals surface area contributed by atoms with Crippen LogP contribution in [0.5, 0.6) is 0 Å². The van der Waals surface area contributed by atoms with Gasteiger partial charge in [0, 0.05) is 31.4 Å². The van der Waals surface area contributed by atoms with E-state index in [1.165, 1.54) is 12.8 Å². The first-order chi connectivity index (χ1) is 11.7. The van der Waals surface area contributed by atoms with E-state index in [9.17, 15) is 4.39 Å². The Morgan fingerprint density at radius 2 is 1.79 bits per heavy atom. The highest BCUT2D eigenvalue weighted by molar-refractivity contribution is 5.57. The lowest BCUT2D eigenvalue weighted by Crippen LogP contribution is -2.43. The Balaban J connectivity index is 1.35. The van der Waals surface area contributed by atoms with E-state index >= 15 is 0 Å². The molecule has 132 valence electrons. The summed E-state index contributed by atoms with van der Waals surface area (Å²) in [4.78, 5) is 2.15. The van der Waals surface area contributed by atoms with Crippen LogP contribution in [0.3, 0.4) is 0 Å². The van der Waals surface area contributed by atoms with Crippen LogP contribution >= 0.6 is 0 Å². The molecule has 1 saturated carbocycles. The molecule has 0 aromatic heterocycles. The first-order valence-corrected chi connectivity index (χ1v) is 9.37. The highest BCUT2D eigenvalue weighted by atomic mass is 19.1. The molecular weight excluding hydrogens is 305 g/mol. The highest BCUT2D eigenvalue weighted by Gasteiger charge is 2.34. The molecule has 0 spiro atoms. The summed E-state index contributed by atoms with van der Waals surface area (Å²) < 4.78 is 20.4. The predicted octanol–water partition coefficient (Wildman–Crippen LogP) is 3.12. The third kappa shape index (κ3) is 3.52. The molecule has 1 aromatic rings. The van der Waals surface area contributed by atoms with E-state index in [4.69, 9.17) is 10.5 Å². The lowest BCUT2D eigenvalue weighted by molar-refractivity contribution is 0.0303. The van der Waals surface area contributed by atoms with Gasteiger partial charge >= 0.3 is 0 Å². The normalized spacial score (nSPS) is 32.8. The number of halogens is 1. The molecule has 0 amide bonds. The number of nitrogens with zero attached hydrogens (tertiary/aromatic N) is 1. The summed E-state index contributed by atoms with van der Waals surface area (Å²) in [6, 6.07) is 5.94. The Labute approximate surface area is 143 Å². The molecule has 3 N–H and O–H groups in total. The fraction of sp³-hybridized carbons (Fsp3) is 0.684. The molecule has 1 aromatic carbocycles. The van der Waals surface area contributed by atoms with E-state index in [-0.39, 0.29) is 18.0 Å². The van der Waals surface area contributed by atoms with Crippen LogP contribution in [0, 0.1) is 11.7 Å². The van der Waals surface area contributed by atoms with E-state index in [0.29, 0.717) is 17.6 Å². The highest BCUT2D eigenvalue weighted by Crippen LogP contribution is 2.32. The zero-order chi connectivity index (χ0) is 16.5. The minimum absolute atomic E-state index is 0.132. The van der Waals surface area contributed by atoms with Gasteiger partial charge in [0.15, 0.2) is 0 Å². The Morgan fingerprint density at radius 1 is 1.08 bits per heavy atom. The number of hydrogen-bond donors (Lipinski definition) is 2. The topological polar surface area (TPSA) is 50.5 Å². The summed E-state index contributed by atoms with van der Waals surface area (Å²) in [5.41, 5.74) is 7.54. The van der Waals surface area contributed by atoms with Crippen molar-refractivity contribution in [3.05, 3.63) is 24.0 Å². The second-order valence-electron chi connectivity index (χ2n) is 7.69. The molecule has 3 aliphatic rings. The second kappa shape index (κ2) is 6.89. The van der Waals surface area contributed by atoms with Crippen molar-refractivity contribution in [3.8, 4) is 0 Å². The standard InChI is InChI=1S/C19H28FN3O/c20-18-9-15(22-10-13-1-3-14(21)4-2-13)5-8-19(18)23-11-16-6-7-17(12-23)24-16/h5,8-9,13-14,16-17,22H,1-4,6-7,10-12,21H2/t13-,14-,16?,17?. The maximum absolute atomic E-state index is 14.6. The number of anilines is 2. The summed E-state index contributed by atoms with van der Waals surface area (Å²) in [6.07, 6.45) is 7.33. The molecule has 4 nitrogen and oxygen atoms in total. The summed E-state index contributed by atoms with van der Waals surface area (Å²) in [5, 5.41) is 3.41. The number of morpholine rings is 1. The van der Waals surface area contributed by atoms with Crippen molar-refractivity contribution in [1.29, 1.82) is 0 Å². The maximum atomic E-state index is 14.6. The molecule has 2 aliphatic heterocycles. The van der Waals surface area contributed by atoms with Gasteiger partial charge in [-0.25, -0.2) is 4.39 Å². The smallest absolute Gasteiger partial charge is 0.148 e. The van der Waals surface area contributed by atoms with Crippen molar-refractivity contribution < 1.29 is 9.13 Å². The molecule has 2 bridgehead atoms. The van der Waals surface area contributed by atoms with Gasteiger partial charge in [-0.1, -0.05) is 0 Å². The Kier molecular flexibility index (Phi) is 4.63. The van der Waals surface area contributed by atoms with E-state index < -0.39 is 0 Å². The van der Waals surface area contributed by atoms with E-state index in [2.05, 4.69) is 10.2 Å². The molecule has 2 saturated heterocycles. The number of hydrogen-bond acceptors (Lipinski definition) is 4. The number of nitrogens with two attached hydrogens (primary N) is 1. The summed E-state index contributed by atoms with van der Waals surface area (Å²) in [6.45, 7) is 2.53. The molecule has 2 unspecified atom stereocenters. The molecule has 5 heteroatoms. The summed E-state index contributed by atoms with van der Waals surface area (Å²) >= 11 is 0. The van der Waals surface area contributed by atoms with Gasteiger partial charge in [0.2, 0.25) is 0 Å². The van der Waals surface area contributed by atoms with Crippen LogP contribution in [0.4, 0.5) is 15.8 Å². The zero-order valence-electron chi connectivity index (χ0n) is 14.2. The van der Waals surface area contributed by atoms with Gasteiger partial charge in [0.1, 0.15) is 5.82 Å². The first-order valence-electron chi connectivity index (χ1n) is 9.37. The van der Waals surface area contributed by atoms with Crippen LogP contribution in [0.2, 0.25) is 0 Å². The van der Waals surface area contributed by atoms with Crippen molar-refractivity contribution in [2.45, 2.75) is 56.8 Å². The quantitative estimate of drug-likeness (QED) is 0.889. The number of ether oxygens (including phenoxy) is 1. The second-order valence-corrected chi connectivity index (χ2v) is 7.69. The van der Waals surface area contributed by atoms with Gasteiger partial charge in [0.05, 0.1) is 17.9 Å². The number of benzene rings is 1. The zero-order valence-corrected chi connectivity index (χ0v) is 14.2. The van der Waals surface area contributed by atoms with Crippen LogP contribution in [-0.4, -0.2) is 37.9 Å². The van der Waals surface area contributed by atoms with Crippen LogP contribution in [0.1, 0.15) is 38.5 Å². The maximum Gasteiger partial charge on any atom is 0.148 e. The number of nitrogens with one attached hydrogen (secondary N) is 1. The third-order valence-electron chi connectivity index (χ3n) is 5.82. The van der Waals surface area contributed by atoms with E-state index in [1.54, 1.807) is 6.07 Å². The van der Waals surface area contributed by atoms with Gasteiger partial charge in [-0.05, 0) is 62.6 Å². The van der Waals surface area contributed by atoms with Gasteiger partial charge in [-0.15, -0.1) is 0 Å². The Hall–Kier alpha value is -1.33. The fourth-order valence-electron chi connectivity index (χ4n) is 4.34. The molecule has 1 aliphatic carbocycles. The Bertz CT molecular complexity index is 562. The molecule has 2 heterocycles. The number of fused-ring (bicyclic) bond motifs is 2. The third-order valence-corrected chi connectivity index (χ3v) is 5.82. The monoisotopic (exact) mass is 333 g/mol. The largest absolute Gasteiger partial charge is 0.385 e. The molecule has 4 rings (SSSR count). The van der Waals surface area contributed by atoms with Crippen LogP contribution in [0.15, 0.2) is 18.2 Å². The minimum atomic E-state index is -0.132. The SMILES string of the molecule is N[C@H]1CC[C@H](CNc2ccc(N3CC4CCC(C3)O4)c(F)c2)CC1. The van der Waals surface area contributed by atoms with Crippen molar-refractivity contribution in [3.63, 3.8) is 0 Å². The predicted molar refractivity (Wildman–Crippen MR) is 94.9 cm³/mol. The van der Waals surface area contributed by atoms with Crippen molar-refractivity contribution in [2.24, 2.45) is 11.7 Å². The molecule has 2 atom stereocenters. The lowest BCUT2D eigenvalue weighted by atomic mass is 9.86. The van der Waals surface area contributed by atoms with E-state index in [1.807, 2.05) is 12.1 Å². The van der Waals surface area contributed by atoms with Crippen LogP contribution in [0.25, 0.3) is 0 Å². The first kappa shape index (κ1) is 16.2. The average molecular weight is 333 g/mol. The average Bonchev–Trinajstić information content (AvgIpc) is 2.92. The number of rotatable bonds is 4. The van der Waals surface area contributed by atoms with Gasteiger partial charge in [-0.2, -0.15) is 0 Å². The van der Waals surface area contributed by atoms with Crippen molar-refractivity contribution in [2.75, 3.05) is 29.9 Å². The lowest BCUT2D eigenvalue weighted by Gasteiger charge is -2.34. The molecule has 0 radical (unpaired) electrons. The fourth-order valence-corrected chi connectivity index (χ4v) is 4.34.